The maximum absolute atomic E-state index is 6.20. The minimum Gasteiger partial charge on any atom is -0.456 e. The van der Waals surface area contributed by atoms with Crippen LogP contribution in [0, 0.1) is 0 Å². The van der Waals surface area contributed by atoms with Crippen LogP contribution in [-0.2, 0) is 0 Å². The van der Waals surface area contributed by atoms with Crippen LogP contribution >= 0.6 is 0 Å². The molecule has 0 fully saturated rings. The summed E-state index contributed by atoms with van der Waals surface area (Å²) in [6.07, 6.45) is 0. The number of benzene rings is 10. The first-order valence-electron chi connectivity index (χ1n) is 20.2. The van der Waals surface area contributed by atoms with Crippen molar-refractivity contribution >= 4 is 82.4 Å². The van der Waals surface area contributed by atoms with Gasteiger partial charge in [-0.05, 0) is 111 Å². The minimum absolute atomic E-state index is 0.899. The Kier molecular flexibility index (Phi) is 7.54. The van der Waals surface area contributed by atoms with E-state index in [1.807, 2.05) is 12.1 Å². The molecule has 0 N–H and O–H groups in total. The van der Waals surface area contributed by atoms with Crippen LogP contribution < -0.4 is 4.90 Å². The van der Waals surface area contributed by atoms with Crippen LogP contribution in [0.5, 0.6) is 0 Å². The van der Waals surface area contributed by atoms with Crippen LogP contribution in [0.3, 0.4) is 0 Å². The molecule has 0 aliphatic heterocycles. The van der Waals surface area contributed by atoms with Crippen molar-refractivity contribution in [2.45, 2.75) is 0 Å². The summed E-state index contributed by atoms with van der Waals surface area (Å²) in [4.78, 5) is 2.41. The highest BCUT2D eigenvalue weighted by atomic mass is 16.3. The number of anilines is 3. The Morgan fingerprint density at radius 2 is 0.983 bits per heavy atom. The van der Waals surface area contributed by atoms with Crippen molar-refractivity contribution in [1.82, 2.24) is 4.57 Å². The Bertz CT molecular complexity index is 3580. The van der Waals surface area contributed by atoms with Crippen LogP contribution in [0.25, 0.3) is 93.2 Å². The second-order valence-corrected chi connectivity index (χ2v) is 15.3. The number of nitrogens with zero attached hydrogens (tertiary/aromatic N) is 2. The van der Waals surface area contributed by atoms with Crippen molar-refractivity contribution in [2.24, 2.45) is 0 Å². The zero-order chi connectivity index (χ0) is 38.9. The SMILES string of the molecule is c1cc(-c2ccccc2-c2ccc3c(c2)c2ccccc2n3-c2ccc3oc4ccccc4c3c2)cc(N(c2ccc3ccccc3c2)c2cccc3ccccc23)c1. The van der Waals surface area contributed by atoms with Crippen LogP contribution in [0.1, 0.15) is 0 Å². The fourth-order valence-corrected chi connectivity index (χ4v) is 9.22. The second-order valence-electron chi connectivity index (χ2n) is 15.3. The van der Waals surface area contributed by atoms with Gasteiger partial charge in [0.25, 0.3) is 0 Å². The van der Waals surface area contributed by atoms with Crippen LogP contribution in [0.15, 0.2) is 223 Å². The summed E-state index contributed by atoms with van der Waals surface area (Å²) >= 11 is 0. The Morgan fingerprint density at radius 3 is 1.86 bits per heavy atom. The molecule has 0 bridgehead atoms. The van der Waals surface area contributed by atoms with Crippen molar-refractivity contribution in [1.29, 1.82) is 0 Å². The van der Waals surface area contributed by atoms with E-state index in [9.17, 15) is 0 Å². The molecular formula is C56H36N2O. The molecule has 0 radical (unpaired) electrons. The summed E-state index contributed by atoms with van der Waals surface area (Å²) in [5.41, 5.74) is 13.3. The van der Waals surface area contributed by atoms with Gasteiger partial charge in [0.05, 0.1) is 16.7 Å². The molecule has 0 saturated carbocycles. The van der Waals surface area contributed by atoms with E-state index >= 15 is 0 Å². The molecule has 276 valence electrons. The van der Waals surface area contributed by atoms with Gasteiger partial charge in [0.2, 0.25) is 0 Å². The number of furan rings is 1. The molecule has 3 heteroatoms. The summed E-state index contributed by atoms with van der Waals surface area (Å²) in [5, 5.41) is 9.55. The zero-order valence-corrected chi connectivity index (χ0v) is 32.1. The third kappa shape index (κ3) is 5.44. The summed E-state index contributed by atoms with van der Waals surface area (Å²) < 4.78 is 8.59. The van der Waals surface area contributed by atoms with Gasteiger partial charge >= 0.3 is 0 Å². The van der Waals surface area contributed by atoms with Gasteiger partial charge in [-0.1, -0.05) is 146 Å². The summed E-state index contributed by atoms with van der Waals surface area (Å²) in [5.74, 6) is 0. The lowest BCUT2D eigenvalue weighted by molar-refractivity contribution is 0.669. The Hall–Kier alpha value is -7.88. The highest BCUT2D eigenvalue weighted by Crippen LogP contribution is 2.43. The molecule has 12 aromatic rings. The van der Waals surface area contributed by atoms with Gasteiger partial charge in [0.15, 0.2) is 0 Å². The first-order valence-corrected chi connectivity index (χ1v) is 20.2. The Balaban J connectivity index is 1.00. The molecule has 3 nitrogen and oxygen atoms in total. The van der Waals surface area contributed by atoms with E-state index in [0.717, 1.165) is 50.3 Å². The Labute approximate surface area is 341 Å². The fraction of sp³-hybridized carbons (Fsp3) is 0. The predicted octanol–water partition coefficient (Wildman–Crippen LogP) is 15.8. The number of aromatic nitrogens is 1. The molecule has 0 saturated heterocycles. The van der Waals surface area contributed by atoms with E-state index in [2.05, 4.69) is 216 Å². The normalized spacial score (nSPS) is 11.7. The molecule has 12 rings (SSSR count). The maximum atomic E-state index is 6.20. The second kappa shape index (κ2) is 13.4. The predicted molar refractivity (Wildman–Crippen MR) is 249 cm³/mol. The summed E-state index contributed by atoms with van der Waals surface area (Å²) in [7, 11) is 0. The molecule has 2 aromatic heterocycles. The van der Waals surface area contributed by atoms with Gasteiger partial charge < -0.3 is 13.9 Å². The molecule has 2 heterocycles. The molecule has 0 amide bonds. The number of fused-ring (bicyclic) bond motifs is 8. The van der Waals surface area contributed by atoms with Crippen LogP contribution in [0.2, 0.25) is 0 Å². The lowest BCUT2D eigenvalue weighted by Crippen LogP contribution is -2.10. The van der Waals surface area contributed by atoms with Crippen LogP contribution in [0.4, 0.5) is 17.1 Å². The molecule has 0 aliphatic rings. The van der Waals surface area contributed by atoms with Gasteiger partial charge in [-0.3, -0.25) is 0 Å². The number of hydrogen-bond acceptors (Lipinski definition) is 2. The highest BCUT2D eigenvalue weighted by Gasteiger charge is 2.19. The molecule has 0 aliphatic carbocycles. The third-order valence-electron chi connectivity index (χ3n) is 11.9. The topological polar surface area (TPSA) is 21.3 Å². The van der Waals surface area contributed by atoms with E-state index in [4.69, 9.17) is 4.42 Å². The van der Waals surface area contributed by atoms with Crippen molar-refractivity contribution in [3.8, 4) is 27.9 Å². The lowest BCUT2D eigenvalue weighted by Gasteiger charge is -2.28. The van der Waals surface area contributed by atoms with Crippen LogP contribution in [-0.4, -0.2) is 4.57 Å². The highest BCUT2D eigenvalue weighted by molar-refractivity contribution is 6.12. The van der Waals surface area contributed by atoms with E-state index in [0.29, 0.717) is 0 Å². The van der Waals surface area contributed by atoms with Gasteiger partial charge in [0.1, 0.15) is 11.2 Å². The van der Waals surface area contributed by atoms with Gasteiger partial charge in [0, 0.05) is 44.0 Å². The lowest BCUT2D eigenvalue weighted by atomic mass is 9.93. The third-order valence-corrected chi connectivity index (χ3v) is 11.9. The molecule has 10 aromatic carbocycles. The number of rotatable bonds is 6. The van der Waals surface area contributed by atoms with Gasteiger partial charge in [-0.2, -0.15) is 0 Å². The fourth-order valence-electron chi connectivity index (χ4n) is 9.22. The monoisotopic (exact) mass is 752 g/mol. The van der Waals surface area contributed by atoms with Crippen molar-refractivity contribution in [3.63, 3.8) is 0 Å². The minimum atomic E-state index is 0.899. The Morgan fingerprint density at radius 1 is 0.339 bits per heavy atom. The molecule has 0 spiro atoms. The zero-order valence-electron chi connectivity index (χ0n) is 32.1. The van der Waals surface area contributed by atoms with E-state index in [-0.39, 0.29) is 0 Å². The first kappa shape index (κ1) is 33.3. The van der Waals surface area contributed by atoms with Crippen molar-refractivity contribution in [2.75, 3.05) is 4.90 Å². The summed E-state index contributed by atoms with van der Waals surface area (Å²) in [6, 6.07) is 78.9. The van der Waals surface area contributed by atoms with E-state index in [1.165, 1.54) is 60.0 Å². The van der Waals surface area contributed by atoms with Gasteiger partial charge in [-0.25, -0.2) is 0 Å². The number of hydrogen-bond donors (Lipinski definition) is 0. The van der Waals surface area contributed by atoms with Crippen molar-refractivity contribution < 1.29 is 4.42 Å². The molecule has 59 heavy (non-hydrogen) atoms. The largest absolute Gasteiger partial charge is 0.456 e. The van der Waals surface area contributed by atoms with Gasteiger partial charge in [-0.15, -0.1) is 0 Å². The maximum Gasteiger partial charge on any atom is 0.135 e. The van der Waals surface area contributed by atoms with Crippen molar-refractivity contribution in [3.05, 3.63) is 218 Å². The van der Waals surface area contributed by atoms with E-state index in [1.54, 1.807) is 0 Å². The molecule has 0 unspecified atom stereocenters. The summed E-state index contributed by atoms with van der Waals surface area (Å²) in [6.45, 7) is 0. The average Bonchev–Trinajstić information content (AvgIpc) is 3.84. The first-order chi connectivity index (χ1) is 29.2. The average molecular weight is 753 g/mol. The van der Waals surface area contributed by atoms with E-state index < -0.39 is 0 Å². The molecule has 0 atom stereocenters. The smallest absolute Gasteiger partial charge is 0.135 e. The quantitative estimate of drug-likeness (QED) is 0.169. The molecular weight excluding hydrogens is 717 g/mol. The standard InChI is InChI=1S/C56H36N2O/c1-2-15-39-33-43(29-27-37(39)13-1)57(52-25-12-16-38-14-3-4-21-47(38)52)42-18-11-17-40(34-42)45-19-5-6-20-46(45)41-28-31-54-50(35-41)48-22-7-9-24-53(48)58(54)44-30-32-56-51(36-44)49-23-8-10-26-55(49)59-56/h1-36H. The number of para-hydroxylation sites is 2.